The van der Waals surface area contributed by atoms with Gasteiger partial charge in [-0.3, -0.25) is 0 Å². The zero-order valence-electron chi connectivity index (χ0n) is 11.5. The van der Waals surface area contributed by atoms with Crippen molar-refractivity contribution in [1.29, 1.82) is 0 Å². The molecule has 106 valence electrons. The summed E-state index contributed by atoms with van der Waals surface area (Å²) < 4.78 is 12.1. The highest BCUT2D eigenvalue weighted by atomic mass is 16.5. The lowest BCUT2D eigenvalue weighted by molar-refractivity contribution is 0.0470. The van der Waals surface area contributed by atoms with E-state index in [0.717, 1.165) is 11.3 Å². The van der Waals surface area contributed by atoms with Crippen molar-refractivity contribution in [2.45, 2.75) is 13.5 Å². The fourth-order valence-corrected chi connectivity index (χ4v) is 1.99. The van der Waals surface area contributed by atoms with E-state index < -0.39 is 0 Å². The molecule has 0 atom stereocenters. The number of aromatic nitrogens is 2. The molecule has 0 spiro atoms. The molecular weight excluding hydrogens is 268 g/mol. The van der Waals surface area contributed by atoms with Gasteiger partial charge in [-0.1, -0.05) is 12.1 Å². The number of benzene rings is 1. The van der Waals surface area contributed by atoms with Crippen molar-refractivity contribution in [2.75, 3.05) is 0 Å². The first-order chi connectivity index (χ1) is 10.2. The summed E-state index contributed by atoms with van der Waals surface area (Å²) in [7, 11) is 0. The van der Waals surface area contributed by atoms with Gasteiger partial charge in [0.05, 0.1) is 12.0 Å². The fourth-order valence-electron chi connectivity index (χ4n) is 1.99. The predicted molar refractivity (Wildman–Crippen MR) is 76.1 cm³/mol. The second kappa shape index (κ2) is 5.66. The smallest absolute Gasteiger partial charge is 0.342 e. The lowest BCUT2D eigenvalue weighted by atomic mass is 10.2. The minimum absolute atomic E-state index is 0.225. The Morgan fingerprint density at radius 3 is 2.71 bits per heavy atom. The summed E-state index contributed by atoms with van der Waals surface area (Å²) in [6, 6.07) is 11.2. The van der Waals surface area contributed by atoms with E-state index in [4.69, 9.17) is 9.15 Å². The van der Waals surface area contributed by atoms with E-state index in [9.17, 15) is 4.79 Å². The minimum atomic E-state index is -0.377. The first kappa shape index (κ1) is 13.2. The summed E-state index contributed by atoms with van der Waals surface area (Å²) in [5, 5.41) is 4.15. The van der Waals surface area contributed by atoms with E-state index in [2.05, 4.69) is 5.10 Å². The van der Waals surface area contributed by atoms with Gasteiger partial charge in [0, 0.05) is 12.4 Å². The molecule has 0 fully saturated rings. The van der Waals surface area contributed by atoms with Crippen LogP contribution in [-0.4, -0.2) is 15.7 Å². The number of rotatable bonds is 4. The van der Waals surface area contributed by atoms with E-state index in [-0.39, 0.29) is 12.6 Å². The molecule has 3 aromatic rings. The number of aryl methyl sites for hydroxylation is 1. The Morgan fingerprint density at radius 1 is 1.29 bits per heavy atom. The van der Waals surface area contributed by atoms with Crippen molar-refractivity contribution in [3.63, 3.8) is 0 Å². The second-order valence-corrected chi connectivity index (χ2v) is 4.58. The van der Waals surface area contributed by atoms with Gasteiger partial charge in [-0.2, -0.15) is 5.10 Å². The number of ether oxygens (including phenoxy) is 1. The lowest BCUT2D eigenvalue weighted by Gasteiger charge is -2.06. The molecule has 21 heavy (non-hydrogen) atoms. The number of esters is 1. The SMILES string of the molecule is Cc1occc1C(=O)OCc1ccc(-n2cccn2)cc1. The van der Waals surface area contributed by atoms with Gasteiger partial charge < -0.3 is 9.15 Å². The molecule has 0 aliphatic rings. The van der Waals surface area contributed by atoms with Crippen molar-refractivity contribution in [3.8, 4) is 5.69 Å². The molecule has 0 radical (unpaired) electrons. The summed E-state index contributed by atoms with van der Waals surface area (Å²) in [4.78, 5) is 11.9. The molecule has 0 saturated carbocycles. The van der Waals surface area contributed by atoms with Gasteiger partial charge in [0.15, 0.2) is 0 Å². The molecule has 0 bridgehead atoms. The van der Waals surface area contributed by atoms with E-state index in [1.54, 1.807) is 23.9 Å². The first-order valence-corrected chi connectivity index (χ1v) is 6.54. The van der Waals surface area contributed by atoms with Crippen LogP contribution in [0.4, 0.5) is 0 Å². The Labute approximate surface area is 121 Å². The maximum absolute atomic E-state index is 11.9. The Kier molecular flexibility index (Phi) is 3.55. The van der Waals surface area contributed by atoms with Crippen LogP contribution in [0.3, 0.4) is 0 Å². The van der Waals surface area contributed by atoms with Gasteiger partial charge in [0.25, 0.3) is 0 Å². The zero-order valence-corrected chi connectivity index (χ0v) is 11.5. The van der Waals surface area contributed by atoms with Crippen LogP contribution in [0.25, 0.3) is 5.69 Å². The van der Waals surface area contributed by atoms with Crippen LogP contribution in [0.2, 0.25) is 0 Å². The van der Waals surface area contributed by atoms with Crippen LogP contribution in [0.1, 0.15) is 21.7 Å². The lowest BCUT2D eigenvalue weighted by Crippen LogP contribution is -2.05. The van der Waals surface area contributed by atoms with Crippen LogP contribution in [0.5, 0.6) is 0 Å². The van der Waals surface area contributed by atoms with E-state index in [0.29, 0.717) is 11.3 Å². The molecule has 5 nitrogen and oxygen atoms in total. The molecule has 0 saturated heterocycles. The average Bonchev–Trinajstić information content (AvgIpc) is 3.16. The van der Waals surface area contributed by atoms with Gasteiger partial charge in [-0.15, -0.1) is 0 Å². The molecule has 2 heterocycles. The highest BCUT2D eigenvalue weighted by Crippen LogP contribution is 2.13. The summed E-state index contributed by atoms with van der Waals surface area (Å²) in [6.07, 6.45) is 5.07. The molecular formula is C16H14N2O3. The van der Waals surface area contributed by atoms with Crippen molar-refractivity contribution in [1.82, 2.24) is 9.78 Å². The quantitative estimate of drug-likeness (QED) is 0.690. The van der Waals surface area contributed by atoms with Gasteiger partial charge >= 0.3 is 5.97 Å². The molecule has 2 aromatic heterocycles. The Morgan fingerprint density at radius 2 is 2.10 bits per heavy atom. The monoisotopic (exact) mass is 282 g/mol. The summed E-state index contributed by atoms with van der Waals surface area (Å²) in [5.74, 6) is 0.187. The fraction of sp³-hybridized carbons (Fsp3) is 0.125. The van der Waals surface area contributed by atoms with Crippen molar-refractivity contribution < 1.29 is 13.9 Å². The normalized spacial score (nSPS) is 10.5. The predicted octanol–water partition coefficient (Wildman–Crippen LogP) is 3.13. The third kappa shape index (κ3) is 2.86. The van der Waals surface area contributed by atoms with E-state index in [1.165, 1.54) is 6.26 Å². The summed E-state index contributed by atoms with van der Waals surface area (Å²) in [6.45, 7) is 1.96. The topological polar surface area (TPSA) is 57.3 Å². The van der Waals surface area contributed by atoms with Gasteiger partial charge in [-0.05, 0) is 36.8 Å². The van der Waals surface area contributed by atoms with Gasteiger partial charge in [-0.25, -0.2) is 9.48 Å². The molecule has 0 aliphatic carbocycles. The number of hydrogen-bond acceptors (Lipinski definition) is 4. The van der Waals surface area contributed by atoms with Crippen LogP contribution < -0.4 is 0 Å². The van der Waals surface area contributed by atoms with Crippen molar-refractivity contribution in [2.24, 2.45) is 0 Å². The minimum Gasteiger partial charge on any atom is -0.469 e. The number of nitrogens with zero attached hydrogens (tertiary/aromatic N) is 2. The van der Waals surface area contributed by atoms with Crippen LogP contribution in [0, 0.1) is 6.92 Å². The standard InChI is InChI=1S/C16H14N2O3/c1-12-15(7-10-20-12)16(19)21-11-13-3-5-14(6-4-13)18-9-2-8-17-18/h2-10H,11H2,1H3. The number of carbonyl (C=O) groups excluding carboxylic acids is 1. The molecule has 0 aliphatic heterocycles. The summed E-state index contributed by atoms with van der Waals surface area (Å²) >= 11 is 0. The number of furan rings is 1. The van der Waals surface area contributed by atoms with Crippen LogP contribution in [0.15, 0.2) is 59.5 Å². The second-order valence-electron chi connectivity index (χ2n) is 4.58. The molecule has 0 unspecified atom stereocenters. The number of carbonyl (C=O) groups is 1. The van der Waals surface area contributed by atoms with E-state index in [1.807, 2.05) is 36.5 Å². The maximum Gasteiger partial charge on any atom is 0.342 e. The third-order valence-electron chi connectivity index (χ3n) is 3.15. The molecule has 3 rings (SSSR count). The van der Waals surface area contributed by atoms with Crippen molar-refractivity contribution in [3.05, 3.63) is 71.9 Å². The average molecular weight is 282 g/mol. The molecule has 5 heteroatoms. The van der Waals surface area contributed by atoms with E-state index >= 15 is 0 Å². The van der Waals surface area contributed by atoms with Crippen molar-refractivity contribution >= 4 is 5.97 Å². The largest absolute Gasteiger partial charge is 0.469 e. The molecule has 1 aromatic carbocycles. The maximum atomic E-state index is 11.9. The van der Waals surface area contributed by atoms with Gasteiger partial charge in [0.1, 0.15) is 17.9 Å². The Balaban J connectivity index is 1.64. The highest BCUT2D eigenvalue weighted by Gasteiger charge is 2.12. The first-order valence-electron chi connectivity index (χ1n) is 6.54. The molecule has 0 N–H and O–H groups in total. The Hall–Kier alpha value is -2.82. The van der Waals surface area contributed by atoms with Crippen LogP contribution in [-0.2, 0) is 11.3 Å². The zero-order chi connectivity index (χ0) is 14.7. The highest BCUT2D eigenvalue weighted by molar-refractivity contribution is 5.90. The van der Waals surface area contributed by atoms with Gasteiger partial charge in [0.2, 0.25) is 0 Å². The summed E-state index contributed by atoms with van der Waals surface area (Å²) in [5.41, 5.74) is 2.34. The number of hydrogen-bond donors (Lipinski definition) is 0. The Bertz CT molecular complexity index is 727. The van der Waals surface area contributed by atoms with Crippen LogP contribution >= 0.6 is 0 Å². The molecule has 0 amide bonds. The third-order valence-corrected chi connectivity index (χ3v) is 3.15.